The minimum atomic E-state index is -4.72. The highest BCUT2D eigenvalue weighted by Crippen LogP contribution is 2.37. The lowest BCUT2D eigenvalue weighted by Crippen LogP contribution is -2.13. The first-order chi connectivity index (χ1) is 15.2. The Labute approximate surface area is 186 Å². The van der Waals surface area contributed by atoms with E-state index in [9.17, 15) is 18.0 Å². The van der Waals surface area contributed by atoms with E-state index in [0.29, 0.717) is 23.3 Å². The van der Waals surface area contributed by atoms with Gasteiger partial charge in [0.15, 0.2) is 0 Å². The highest BCUT2D eigenvalue weighted by molar-refractivity contribution is 6.33. The fraction of sp³-hybridized carbons (Fsp3) is 0.0952. The number of nitrogens with one attached hydrogen (secondary N) is 3. The summed E-state index contributed by atoms with van der Waals surface area (Å²) in [6.45, 7) is 3.35. The van der Waals surface area contributed by atoms with Gasteiger partial charge in [-0.15, -0.1) is 0 Å². The Morgan fingerprint density at radius 1 is 1.16 bits per heavy atom. The Hall–Kier alpha value is -3.79. The fourth-order valence-corrected chi connectivity index (χ4v) is 2.76. The van der Waals surface area contributed by atoms with E-state index >= 15 is 0 Å². The quantitative estimate of drug-likeness (QED) is 0.385. The van der Waals surface area contributed by atoms with Crippen LogP contribution in [0.1, 0.15) is 5.56 Å². The van der Waals surface area contributed by atoms with Crippen LogP contribution in [0.3, 0.4) is 0 Å². The molecule has 1 amide bonds. The Kier molecular flexibility index (Phi) is 6.84. The molecule has 0 radical (unpaired) electrons. The number of ether oxygens (including phenoxy) is 1. The molecule has 0 unspecified atom stereocenters. The predicted molar refractivity (Wildman–Crippen MR) is 117 cm³/mol. The van der Waals surface area contributed by atoms with Gasteiger partial charge >= 0.3 is 6.18 Å². The second kappa shape index (κ2) is 9.56. The van der Waals surface area contributed by atoms with Crippen molar-refractivity contribution in [3.8, 4) is 5.75 Å². The third-order valence-electron chi connectivity index (χ3n) is 4.09. The summed E-state index contributed by atoms with van der Waals surface area (Å²) in [5.74, 6) is -0.542. The van der Waals surface area contributed by atoms with Crippen molar-refractivity contribution in [3.63, 3.8) is 0 Å². The third-order valence-corrected chi connectivity index (χ3v) is 4.42. The Balaban J connectivity index is 1.96. The lowest BCUT2D eigenvalue weighted by atomic mass is 10.2. The van der Waals surface area contributed by atoms with Gasteiger partial charge in [-0.05, 0) is 36.4 Å². The van der Waals surface area contributed by atoms with Gasteiger partial charge in [-0.3, -0.25) is 4.79 Å². The van der Waals surface area contributed by atoms with Crippen molar-refractivity contribution in [3.05, 3.63) is 71.9 Å². The van der Waals surface area contributed by atoms with Gasteiger partial charge in [0.1, 0.15) is 17.1 Å². The summed E-state index contributed by atoms with van der Waals surface area (Å²) in [5.41, 5.74) is -0.170. The highest BCUT2D eigenvalue weighted by atomic mass is 35.5. The van der Waals surface area contributed by atoms with Crippen molar-refractivity contribution < 1.29 is 22.7 Å². The Morgan fingerprint density at radius 3 is 2.62 bits per heavy atom. The molecule has 7 nitrogen and oxygen atoms in total. The number of carbonyl (C=O) groups excluding carboxylic acids is 1. The largest absolute Gasteiger partial charge is 0.497 e. The standard InChI is InChI=1S/C21H17ClF3N5O2/c1-3-18(31)27-13-7-8-16(22)17(10-13)29-19-15(21(23,24)25)11-26-20(30-19)28-12-5-4-6-14(9-12)32-2/h3-11H,1H2,2H3,(H,27,31)(H2,26,28,29,30). The number of benzene rings is 2. The second-order valence-corrected chi connectivity index (χ2v) is 6.73. The molecule has 0 aliphatic heterocycles. The molecule has 3 N–H and O–H groups in total. The van der Waals surface area contributed by atoms with Crippen molar-refractivity contribution >= 4 is 46.3 Å². The van der Waals surface area contributed by atoms with Gasteiger partial charge in [0.2, 0.25) is 11.9 Å². The summed E-state index contributed by atoms with van der Waals surface area (Å²) in [7, 11) is 1.49. The zero-order chi connectivity index (χ0) is 23.3. The summed E-state index contributed by atoms with van der Waals surface area (Å²) in [4.78, 5) is 19.3. The minimum Gasteiger partial charge on any atom is -0.497 e. The maximum Gasteiger partial charge on any atom is 0.421 e. The topological polar surface area (TPSA) is 88.2 Å². The van der Waals surface area contributed by atoms with Crippen LogP contribution in [0.4, 0.5) is 42.0 Å². The Morgan fingerprint density at radius 2 is 1.94 bits per heavy atom. The van der Waals surface area contributed by atoms with Crippen LogP contribution in [0, 0.1) is 0 Å². The van der Waals surface area contributed by atoms with E-state index in [0.717, 1.165) is 6.08 Å². The molecule has 1 heterocycles. The molecule has 0 aliphatic rings. The molecule has 11 heteroatoms. The molecule has 0 saturated carbocycles. The van der Waals surface area contributed by atoms with Crippen LogP contribution in [0.2, 0.25) is 5.02 Å². The molecule has 0 spiro atoms. The summed E-state index contributed by atoms with van der Waals surface area (Å²) in [5, 5.41) is 8.05. The molecule has 0 aliphatic carbocycles. The average Bonchev–Trinajstić information content (AvgIpc) is 2.75. The van der Waals surface area contributed by atoms with Crippen LogP contribution < -0.4 is 20.7 Å². The summed E-state index contributed by atoms with van der Waals surface area (Å²) < 4.78 is 45.8. The van der Waals surface area contributed by atoms with Crippen molar-refractivity contribution in [1.29, 1.82) is 0 Å². The van der Waals surface area contributed by atoms with Gasteiger partial charge in [-0.25, -0.2) is 4.98 Å². The molecule has 3 rings (SSSR count). The number of hydrogen-bond donors (Lipinski definition) is 3. The average molecular weight is 464 g/mol. The monoisotopic (exact) mass is 463 g/mol. The summed E-state index contributed by atoms with van der Waals surface area (Å²) in [6, 6.07) is 11.0. The smallest absolute Gasteiger partial charge is 0.421 e. The lowest BCUT2D eigenvalue weighted by Gasteiger charge is -2.16. The number of amides is 1. The number of anilines is 5. The van der Waals surface area contributed by atoms with Gasteiger partial charge in [-0.2, -0.15) is 18.2 Å². The number of halogens is 4. The zero-order valence-corrected chi connectivity index (χ0v) is 17.4. The number of aromatic nitrogens is 2. The molecule has 0 bridgehead atoms. The summed E-state index contributed by atoms with van der Waals surface area (Å²) >= 11 is 6.14. The number of alkyl halides is 3. The lowest BCUT2D eigenvalue weighted by molar-refractivity contribution is -0.137. The predicted octanol–water partition coefficient (Wildman–Crippen LogP) is 5.77. The van der Waals surface area contributed by atoms with Crippen LogP contribution in [-0.2, 0) is 11.0 Å². The van der Waals surface area contributed by atoms with E-state index in [-0.39, 0.29) is 16.7 Å². The first-order valence-electron chi connectivity index (χ1n) is 9.05. The maximum absolute atomic E-state index is 13.5. The molecule has 2 aromatic carbocycles. The van der Waals surface area contributed by atoms with E-state index in [1.54, 1.807) is 24.3 Å². The van der Waals surface area contributed by atoms with Crippen molar-refractivity contribution in [1.82, 2.24) is 9.97 Å². The SMILES string of the molecule is C=CC(=O)Nc1ccc(Cl)c(Nc2nc(Nc3cccc(OC)c3)ncc2C(F)(F)F)c1. The maximum atomic E-state index is 13.5. The van der Waals surface area contributed by atoms with Gasteiger partial charge in [-0.1, -0.05) is 24.2 Å². The van der Waals surface area contributed by atoms with Crippen LogP contribution in [0.5, 0.6) is 5.75 Å². The van der Waals surface area contributed by atoms with Crippen LogP contribution in [-0.4, -0.2) is 23.0 Å². The van der Waals surface area contributed by atoms with Crippen molar-refractivity contribution in [2.45, 2.75) is 6.18 Å². The normalized spacial score (nSPS) is 10.9. The van der Waals surface area contributed by atoms with Crippen LogP contribution >= 0.6 is 11.6 Å². The molecule has 0 fully saturated rings. The van der Waals surface area contributed by atoms with Crippen LogP contribution in [0.25, 0.3) is 0 Å². The fourth-order valence-electron chi connectivity index (χ4n) is 2.59. The van der Waals surface area contributed by atoms with Crippen molar-refractivity contribution in [2.24, 2.45) is 0 Å². The molecule has 166 valence electrons. The molecule has 0 saturated heterocycles. The Bertz CT molecular complexity index is 1150. The highest BCUT2D eigenvalue weighted by Gasteiger charge is 2.35. The first kappa shape index (κ1) is 22.9. The zero-order valence-electron chi connectivity index (χ0n) is 16.6. The van der Waals surface area contributed by atoms with Gasteiger partial charge in [0.25, 0.3) is 0 Å². The number of nitrogens with zero attached hydrogens (tertiary/aromatic N) is 2. The summed E-state index contributed by atoms with van der Waals surface area (Å²) in [6.07, 6.45) is -3.00. The van der Waals surface area contributed by atoms with E-state index in [1.165, 1.54) is 25.3 Å². The first-order valence-corrected chi connectivity index (χ1v) is 9.42. The van der Waals surface area contributed by atoms with Crippen LogP contribution in [0.15, 0.2) is 61.3 Å². The van der Waals surface area contributed by atoms with Gasteiger partial charge < -0.3 is 20.7 Å². The number of rotatable bonds is 7. The van der Waals surface area contributed by atoms with E-state index in [4.69, 9.17) is 16.3 Å². The van der Waals surface area contributed by atoms with Gasteiger partial charge in [0, 0.05) is 23.6 Å². The molecule has 1 aromatic heterocycles. The van der Waals surface area contributed by atoms with E-state index in [1.807, 2.05) is 0 Å². The van der Waals surface area contributed by atoms with Gasteiger partial charge in [0.05, 0.1) is 17.8 Å². The molecule has 0 atom stereocenters. The molecular formula is C21H17ClF3N5O2. The third kappa shape index (κ3) is 5.67. The van der Waals surface area contributed by atoms with E-state index in [2.05, 4.69) is 32.5 Å². The van der Waals surface area contributed by atoms with E-state index < -0.39 is 23.5 Å². The number of hydrogen-bond acceptors (Lipinski definition) is 6. The molecule has 3 aromatic rings. The second-order valence-electron chi connectivity index (χ2n) is 6.32. The number of carbonyl (C=O) groups is 1. The molecule has 32 heavy (non-hydrogen) atoms. The minimum absolute atomic E-state index is 0.0824. The van der Waals surface area contributed by atoms with Crippen molar-refractivity contribution in [2.75, 3.05) is 23.1 Å². The number of methoxy groups -OCH3 is 1. The molecular weight excluding hydrogens is 447 g/mol.